The van der Waals surface area contributed by atoms with Gasteiger partial charge in [0.1, 0.15) is 17.2 Å². The molecule has 0 N–H and O–H groups in total. The van der Waals surface area contributed by atoms with E-state index in [1.54, 1.807) is 27.4 Å². The van der Waals surface area contributed by atoms with E-state index in [1.165, 1.54) is 0 Å². The van der Waals surface area contributed by atoms with Crippen molar-refractivity contribution >= 4 is 5.91 Å². The number of piperidine rings is 1. The Morgan fingerprint density at radius 1 is 1.00 bits per heavy atom. The molecule has 1 amide bonds. The number of hydrogen-bond acceptors (Lipinski definition) is 5. The monoisotopic (exact) mass is 385 g/mol. The second-order valence-electron chi connectivity index (χ2n) is 6.78. The van der Waals surface area contributed by atoms with Crippen LogP contribution in [0.3, 0.4) is 0 Å². The van der Waals surface area contributed by atoms with Crippen molar-refractivity contribution in [2.24, 2.45) is 0 Å². The third-order valence-electron chi connectivity index (χ3n) is 4.88. The highest BCUT2D eigenvalue weighted by Gasteiger charge is 2.25. The number of ether oxygens (including phenoxy) is 4. The molecule has 2 aromatic rings. The predicted octanol–water partition coefficient (Wildman–Crippen LogP) is 3.53. The van der Waals surface area contributed by atoms with Gasteiger partial charge in [0.05, 0.1) is 34.0 Å². The molecule has 28 heavy (non-hydrogen) atoms. The van der Waals surface area contributed by atoms with Crippen molar-refractivity contribution in [3.8, 4) is 17.2 Å². The minimum Gasteiger partial charge on any atom is -0.497 e. The van der Waals surface area contributed by atoms with E-state index in [2.05, 4.69) is 0 Å². The zero-order valence-corrected chi connectivity index (χ0v) is 16.6. The summed E-state index contributed by atoms with van der Waals surface area (Å²) >= 11 is 0. The molecule has 150 valence electrons. The second kappa shape index (κ2) is 9.46. The summed E-state index contributed by atoms with van der Waals surface area (Å²) in [5.74, 6) is 2.16. The van der Waals surface area contributed by atoms with Gasteiger partial charge in [-0.3, -0.25) is 4.79 Å². The highest BCUT2D eigenvalue weighted by Crippen LogP contribution is 2.24. The number of nitrogens with zero attached hydrogens (tertiary/aromatic N) is 1. The van der Waals surface area contributed by atoms with Crippen LogP contribution in [-0.4, -0.2) is 51.3 Å². The van der Waals surface area contributed by atoms with Crippen LogP contribution in [0.1, 0.15) is 28.8 Å². The number of rotatable bonds is 7. The van der Waals surface area contributed by atoms with E-state index >= 15 is 0 Å². The molecule has 6 nitrogen and oxygen atoms in total. The number of carbonyl (C=O) groups excluding carboxylic acids is 1. The molecule has 1 aliphatic heterocycles. The Balaban J connectivity index is 1.61. The van der Waals surface area contributed by atoms with E-state index in [-0.39, 0.29) is 12.0 Å². The molecule has 1 aliphatic rings. The van der Waals surface area contributed by atoms with Gasteiger partial charge in [-0.25, -0.2) is 0 Å². The maximum Gasteiger partial charge on any atom is 0.254 e. The highest BCUT2D eigenvalue weighted by molar-refractivity contribution is 5.94. The Kier molecular flexibility index (Phi) is 6.76. The van der Waals surface area contributed by atoms with Crippen molar-refractivity contribution in [1.29, 1.82) is 0 Å². The van der Waals surface area contributed by atoms with Gasteiger partial charge >= 0.3 is 0 Å². The van der Waals surface area contributed by atoms with Crippen molar-refractivity contribution in [2.45, 2.75) is 25.6 Å². The lowest BCUT2D eigenvalue weighted by atomic mass is 10.1. The number of methoxy groups -OCH3 is 3. The summed E-state index contributed by atoms with van der Waals surface area (Å²) < 4.78 is 21.9. The Hall–Kier alpha value is -2.73. The highest BCUT2D eigenvalue weighted by atomic mass is 16.5. The lowest BCUT2D eigenvalue weighted by Crippen LogP contribution is -2.43. The van der Waals surface area contributed by atoms with Crippen LogP contribution in [0.2, 0.25) is 0 Å². The van der Waals surface area contributed by atoms with Gasteiger partial charge in [-0.2, -0.15) is 0 Å². The molecule has 0 bridgehead atoms. The van der Waals surface area contributed by atoms with Gasteiger partial charge in [0, 0.05) is 24.7 Å². The SMILES string of the molecule is COc1cc(COC2CCCN(C(=O)c3cccc(OC)c3)C2)cc(OC)c1. The number of amides is 1. The van der Waals surface area contributed by atoms with E-state index in [0.717, 1.165) is 36.4 Å². The zero-order chi connectivity index (χ0) is 19.9. The molecule has 0 aliphatic carbocycles. The van der Waals surface area contributed by atoms with E-state index in [9.17, 15) is 4.79 Å². The van der Waals surface area contributed by atoms with Crippen molar-refractivity contribution in [1.82, 2.24) is 4.90 Å². The summed E-state index contributed by atoms with van der Waals surface area (Å²) in [6, 6.07) is 13.0. The third kappa shape index (κ3) is 4.95. The van der Waals surface area contributed by atoms with E-state index in [4.69, 9.17) is 18.9 Å². The molecule has 1 atom stereocenters. The van der Waals surface area contributed by atoms with Gasteiger partial charge in [-0.05, 0) is 48.7 Å². The van der Waals surface area contributed by atoms with Crippen molar-refractivity contribution in [2.75, 3.05) is 34.4 Å². The molecule has 2 aromatic carbocycles. The van der Waals surface area contributed by atoms with E-state index < -0.39 is 0 Å². The molecule has 3 rings (SSSR count). The fraction of sp³-hybridized carbons (Fsp3) is 0.409. The van der Waals surface area contributed by atoms with Crippen LogP contribution >= 0.6 is 0 Å². The average molecular weight is 385 g/mol. The van der Waals surface area contributed by atoms with Gasteiger partial charge in [-0.15, -0.1) is 0 Å². The summed E-state index contributed by atoms with van der Waals surface area (Å²) in [6.45, 7) is 1.76. The fourth-order valence-electron chi connectivity index (χ4n) is 3.36. The molecule has 6 heteroatoms. The Morgan fingerprint density at radius 2 is 1.71 bits per heavy atom. The van der Waals surface area contributed by atoms with E-state index in [1.807, 2.05) is 41.3 Å². The fourth-order valence-corrected chi connectivity index (χ4v) is 3.36. The summed E-state index contributed by atoms with van der Waals surface area (Å²) in [6.07, 6.45) is 1.85. The van der Waals surface area contributed by atoms with Crippen LogP contribution in [0.25, 0.3) is 0 Å². The predicted molar refractivity (Wildman–Crippen MR) is 106 cm³/mol. The van der Waals surface area contributed by atoms with Gasteiger partial charge in [-0.1, -0.05) is 6.07 Å². The summed E-state index contributed by atoms with van der Waals surface area (Å²) in [7, 11) is 4.85. The topological polar surface area (TPSA) is 57.2 Å². The molecular weight excluding hydrogens is 358 g/mol. The normalized spacial score (nSPS) is 16.5. The molecule has 1 saturated heterocycles. The number of hydrogen-bond donors (Lipinski definition) is 0. The van der Waals surface area contributed by atoms with Gasteiger partial charge < -0.3 is 23.8 Å². The van der Waals surface area contributed by atoms with Crippen molar-refractivity contribution in [3.05, 3.63) is 53.6 Å². The largest absolute Gasteiger partial charge is 0.497 e. The smallest absolute Gasteiger partial charge is 0.254 e. The third-order valence-corrected chi connectivity index (χ3v) is 4.88. The van der Waals surface area contributed by atoms with Crippen LogP contribution in [0.4, 0.5) is 0 Å². The molecule has 1 heterocycles. The van der Waals surface area contributed by atoms with Crippen LogP contribution in [-0.2, 0) is 11.3 Å². The molecule has 1 fully saturated rings. The minimum atomic E-state index is 0.000466. The molecule has 0 radical (unpaired) electrons. The lowest BCUT2D eigenvalue weighted by Gasteiger charge is -2.33. The number of benzene rings is 2. The second-order valence-corrected chi connectivity index (χ2v) is 6.78. The van der Waals surface area contributed by atoms with Crippen LogP contribution in [0.5, 0.6) is 17.2 Å². The Bertz CT molecular complexity index is 785. The van der Waals surface area contributed by atoms with Gasteiger partial charge in [0.15, 0.2) is 0 Å². The minimum absolute atomic E-state index is 0.000466. The maximum atomic E-state index is 12.8. The average Bonchev–Trinajstić information content (AvgIpc) is 2.77. The first-order chi connectivity index (χ1) is 13.6. The summed E-state index contributed by atoms with van der Waals surface area (Å²) in [5, 5.41) is 0. The molecular formula is C22H27NO5. The first-order valence-electron chi connectivity index (χ1n) is 9.40. The zero-order valence-electron chi connectivity index (χ0n) is 16.6. The Morgan fingerprint density at radius 3 is 2.39 bits per heavy atom. The van der Waals surface area contributed by atoms with Gasteiger partial charge in [0.2, 0.25) is 0 Å². The first kappa shape index (κ1) is 20.0. The molecule has 0 aromatic heterocycles. The molecule has 0 spiro atoms. The first-order valence-corrected chi connectivity index (χ1v) is 9.40. The van der Waals surface area contributed by atoms with Crippen LogP contribution < -0.4 is 14.2 Å². The summed E-state index contributed by atoms with van der Waals surface area (Å²) in [5.41, 5.74) is 1.62. The van der Waals surface area contributed by atoms with Crippen molar-refractivity contribution < 1.29 is 23.7 Å². The molecule has 0 saturated carbocycles. The van der Waals surface area contributed by atoms with Crippen LogP contribution in [0, 0.1) is 0 Å². The van der Waals surface area contributed by atoms with Crippen LogP contribution in [0.15, 0.2) is 42.5 Å². The maximum absolute atomic E-state index is 12.8. The summed E-state index contributed by atoms with van der Waals surface area (Å²) in [4.78, 5) is 14.7. The number of likely N-dealkylation sites (tertiary alicyclic amines) is 1. The number of carbonyl (C=O) groups is 1. The quantitative estimate of drug-likeness (QED) is 0.730. The van der Waals surface area contributed by atoms with Gasteiger partial charge in [0.25, 0.3) is 5.91 Å². The van der Waals surface area contributed by atoms with E-state index in [0.29, 0.717) is 24.5 Å². The lowest BCUT2D eigenvalue weighted by molar-refractivity contribution is -0.00681. The molecule has 1 unspecified atom stereocenters. The van der Waals surface area contributed by atoms with Crippen molar-refractivity contribution in [3.63, 3.8) is 0 Å². The standard InChI is InChI=1S/C22H27NO5/c1-25-18-7-4-6-17(12-18)22(24)23-9-5-8-19(14-23)28-15-16-10-20(26-2)13-21(11-16)27-3/h4,6-7,10-13,19H,5,8-9,14-15H2,1-3H3. The Labute approximate surface area is 166 Å².